The summed E-state index contributed by atoms with van der Waals surface area (Å²) in [5, 5.41) is 2.68. The molecule has 0 saturated carbocycles. The number of piperidine rings is 1. The standard InChI is InChI=1S/C15H27N3O2S2/c1-5-18-7-6-14(8-12(18)2)17(3)9-13-10-21-15(16-13)11-22(4,19)20/h10,12,14H,5-9,11H2,1-4H3/t12-,14+/m0/s1. The van der Waals surface area contributed by atoms with Gasteiger partial charge in [-0.1, -0.05) is 6.92 Å². The van der Waals surface area contributed by atoms with Crippen molar-refractivity contribution in [3.63, 3.8) is 0 Å². The Balaban J connectivity index is 1.91. The number of hydrogen-bond acceptors (Lipinski definition) is 6. The zero-order valence-electron chi connectivity index (χ0n) is 13.9. The second-order valence-corrected chi connectivity index (χ2v) is 9.46. The van der Waals surface area contributed by atoms with Crippen LogP contribution in [-0.4, -0.2) is 61.7 Å². The van der Waals surface area contributed by atoms with E-state index in [0.717, 1.165) is 25.3 Å². The van der Waals surface area contributed by atoms with Crippen LogP contribution in [0.3, 0.4) is 0 Å². The predicted octanol–water partition coefficient (Wildman–Crippen LogP) is 1.99. The van der Waals surface area contributed by atoms with Crippen molar-refractivity contribution in [3.05, 3.63) is 16.1 Å². The number of thiazole rings is 1. The van der Waals surface area contributed by atoms with Gasteiger partial charge in [0.1, 0.15) is 10.8 Å². The van der Waals surface area contributed by atoms with Gasteiger partial charge in [0.25, 0.3) is 0 Å². The van der Waals surface area contributed by atoms with Crippen LogP contribution in [0.15, 0.2) is 5.38 Å². The second kappa shape index (κ2) is 7.38. The summed E-state index contributed by atoms with van der Waals surface area (Å²) in [7, 11) is -0.853. The SMILES string of the molecule is CCN1CC[C@@H](N(C)Cc2csc(CS(C)(=O)=O)n2)C[C@@H]1C. The number of nitrogens with zero attached hydrogens (tertiary/aromatic N) is 3. The van der Waals surface area contributed by atoms with Crippen LogP contribution in [-0.2, 0) is 22.1 Å². The molecule has 0 bridgehead atoms. The maximum atomic E-state index is 11.3. The molecule has 2 heterocycles. The van der Waals surface area contributed by atoms with Crippen LogP contribution in [0.25, 0.3) is 0 Å². The number of rotatable bonds is 6. The first-order chi connectivity index (χ1) is 10.3. The van der Waals surface area contributed by atoms with E-state index >= 15 is 0 Å². The van der Waals surface area contributed by atoms with Crippen molar-refractivity contribution in [2.75, 3.05) is 26.4 Å². The molecule has 7 heteroatoms. The lowest BCUT2D eigenvalue weighted by atomic mass is 9.97. The van der Waals surface area contributed by atoms with Gasteiger partial charge in [0, 0.05) is 30.3 Å². The molecule has 1 aromatic heterocycles. The Kier molecular flexibility index (Phi) is 5.99. The van der Waals surface area contributed by atoms with E-state index in [-0.39, 0.29) is 5.75 Å². The second-order valence-electron chi connectivity index (χ2n) is 6.37. The van der Waals surface area contributed by atoms with Crippen LogP contribution in [0.4, 0.5) is 0 Å². The van der Waals surface area contributed by atoms with Crippen LogP contribution >= 0.6 is 11.3 Å². The normalized spacial score (nSPS) is 24.0. The molecule has 0 unspecified atom stereocenters. The Morgan fingerprint density at radius 1 is 1.50 bits per heavy atom. The van der Waals surface area contributed by atoms with E-state index < -0.39 is 9.84 Å². The Morgan fingerprint density at radius 3 is 2.82 bits per heavy atom. The lowest BCUT2D eigenvalue weighted by Crippen LogP contribution is -2.47. The summed E-state index contributed by atoms with van der Waals surface area (Å²) >= 11 is 1.44. The Morgan fingerprint density at radius 2 is 2.23 bits per heavy atom. The smallest absolute Gasteiger partial charge is 0.153 e. The van der Waals surface area contributed by atoms with Crippen molar-refractivity contribution in [2.45, 2.75) is 51.1 Å². The molecule has 1 aliphatic heterocycles. The van der Waals surface area contributed by atoms with Crippen molar-refractivity contribution in [3.8, 4) is 0 Å². The van der Waals surface area contributed by atoms with Crippen molar-refractivity contribution in [2.24, 2.45) is 0 Å². The van der Waals surface area contributed by atoms with Gasteiger partial charge in [-0.2, -0.15) is 0 Å². The van der Waals surface area contributed by atoms with Gasteiger partial charge in [0.05, 0.1) is 5.69 Å². The molecule has 2 atom stereocenters. The van der Waals surface area contributed by atoms with Gasteiger partial charge in [-0.15, -0.1) is 11.3 Å². The first-order valence-corrected chi connectivity index (χ1v) is 10.8. The van der Waals surface area contributed by atoms with E-state index in [0.29, 0.717) is 17.1 Å². The Hall–Kier alpha value is -0.500. The topological polar surface area (TPSA) is 53.5 Å². The van der Waals surface area contributed by atoms with Crippen molar-refractivity contribution in [1.29, 1.82) is 0 Å². The zero-order valence-corrected chi connectivity index (χ0v) is 15.6. The molecule has 2 rings (SSSR count). The van der Waals surface area contributed by atoms with Crippen LogP contribution in [0.5, 0.6) is 0 Å². The lowest BCUT2D eigenvalue weighted by Gasteiger charge is -2.40. The van der Waals surface area contributed by atoms with Crippen molar-refractivity contribution in [1.82, 2.24) is 14.8 Å². The average molecular weight is 346 g/mol. The molecule has 1 fully saturated rings. The van der Waals surface area contributed by atoms with Gasteiger partial charge >= 0.3 is 0 Å². The highest BCUT2D eigenvalue weighted by Crippen LogP contribution is 2.22. The fraction of sp³-hybridized carbons (Fsp3) is 0.800. The average Bonchev–Trinajstić information content (AvgIpc) is 2.83. The quantitative estimate of drug-likeness (QED) is 0.789. The minimum absolute atomic E-state index is 0.0489. The molecule has 22 heavy (non-hydrogen) atoms. The van der Waals surface area contributed by atoms with Crippen molar-refractivity contribution < 1.29 is 8.42 Å². The summed E-state index contributed by atoms with van der Waals surface area (Å²) in [6, 6.07) is 1.21. The highest BCUT2D eigenvalue weighted by molar-refractivity contribution is 7.90. The monoisotopic (exact) mass is 345 g/mol. The lowest BCUT2D eigenvalue weighted by molar-refractivity contribution is 0.0858. The molecule has 0 aliphatic carbocycles. The highest BCUT2D eigenvalue weighted by atomic mass is 32.2. The molecule has 0 spiro atoms. The third kappa shape index (κ3) is 5.01. The molecule has 0 amide bonds. The third-order valence-corrected chi connectivity index (χ3v) is 6.29. The summed E-state index contributed by atoms with van der Waals surface area (Å²) in [5.74, 6) is 0.0489. The number of sulfone groups is 1. The van der Waals surface area contributed by atoms with Crippen molar-refractivity contribution >= 4 is 21.2 Å². The number of likely N-dealkylation sites (tertiary alicyclic amines) is 1. The first-order valence-electron chi connectivity index (χ1n) is 7.83. The van der Waals surface area contributed by atoms with Crippen LogP contribution < -0.4 is 0 Å². The first kappa shape index (κ1) is 17.8. The summed E-state index contributed by atoms with van der Waals surface area (Å²) in [6.45, 7) is 7.60. The maximum absolute atomic E-state index is 11.3. The third-order valence-electron chi connectivity index (χ3n) is 4.41. The van der Waals surface area contributed by atoms with Crippen LogP contribution in [0, 0.1) is 0 Å². The molecule has 1 aliphatic rings. The number of hydrogen-bond donors (Lipinski definition) is 0. The number of aromatic nitrogens is 1. The van der Waals surface area contributed by atoms with E-state index in [1.54, 1.807) is 0 Å². The molecule has 5 nitrogen and oxygen atoms in total. The van der Waals surface area contributed by atoms with Crippen LogP contribution in [0.1, 0.15) is 37.4 Å². The molecule has 0 radical (unpaired) electrons. The van der Waals surface area contributed by atoms with E-state index in [1.807, 2.05) is 5.38 Å². The van der Waals surface area contributed by atoms with E-state index in [2.05, 4.69) is 35.7 Å². The molecule has 0 N–H and O–H groups in total. The fourth-order valence-corrected chi connectivity index (χ4v) is 5.16. The van der Waals surface area contributed by atoms with Gasteiger partial charge in [0.15, 0.2) is 9.84 Å². The molecule has 0 aromatic carbocycles. The summed E-state index contributed by atoms with van der Waals surface area (Å²) in [5.41, 5.74) is 0.983. The highest BCUT2D eigenvalue weighted by Gasteiger charge is 2.27. The van der Waals surface area contributed by atoms with E-state index in [4.69, 9.17) is 0 Å². The van der Waals surface area contributed by atoms with Gasteiger partial charge in [-0.05, 0) is 39.9 Å². The van der Waals surface area contributed by atoms with E-state index in [1.165, 1.54) is 30.4 Å². The molecular weight excluding hydrogens is 318 g/mol. The Bertz CT molecular complexity index is 585. The summed E-state index contributed by atoms with van der Waals surface area (Å²) in [6.07, 6.45) is 3.63. The largest absolute Gasteiger partial charge is 0.301 e. The molecule has 1 aromatic rings. The van der Waals surface area contributed by atoms with Gasteiger partial charge < -0.3 is 4.90 Å². The summed E-state index contributed by atoms with van der Waals surface area (Å²) < 4.78 is 22.7. The van der Waals surface area contributed by atoms with Gasteiger partial charge in [-0.3, -0.25) is 4.90 Å². The molecule has 1 saturated heterocycles. The van der Waals surface area contributed by atoms with E-state index in [9.17, 15) is 8.42 Å². The van der Waals surface area contributed by atoms with Gasteiger partial charge in [-0.25, -0.2) is 13.4 Å². The summed E-state index contributed by atoms with van der Waals surface area (Å²) in [4.78, 5) is 9.36. The van der Waals surface area contributed by atoms with Gasteiger partial charge in [0.2, 0.25) is 0 Å². The fourth-order valence-electron chi connectivity index (χ4n) is 3.16. The molecule has 126 valence electrons. The Labute approximate surface area is 138 Å². The zero-order chi connectivity index (χ0) is 16.3. The minimum atomic E-state index is -3.00. The van der Waals surface area contributed by atoms with Crippen LogP contribution in [0.2, 0.25) is 0 Å². The maximum Gasteiger partial charge on any atom is 0.153 e. The molecular formula is C15H27N3O2S2. The predicted molar refractivity (Wildman–Crippen MR) is 91.9 cm³/mol. The minimum Gasteiger partial charge on any atom is -0.301 e.